The second kappa shape index (κ2) is 5.93. The van der Waals surface area contributed by atoms with Crippen LogP contribution in [-0.4, -0.2) is 15.5 Å². The zero-order valence-electron chi connectivity index (χ0n) is 12.4. The summed E-state index contributed by atoms with van der Waals surface area (Å²) in [5.74, 6) is -0.0349. The number of carbonyl (C=O) groups is 1. The van der Waals surface area contributed by atoms with E-state index in [1.807, 2.05) is 54.2 Å². The maximum absolute atomic E-state index is 11.2. The van der Waals surface area contributed by atoms with Crippen molar-refractivity contribution in [3.8, 4) is 5.69 Å². The van der Waals surface area contributed by atoms with Crippen LogP contribution >= 0.6 is 15.9 Å². The summed E-state index contributed by atoms with van der Waals surface area (Å²) in [6.07, 6.45) is 1.82. The Bertz CT molecular complexity index is 841. The van der Waals surface area contributed by atoms with Crippen molar-refractivity contribution in [1.29, 1.82) is 0 Å². The van der Waals surface area contributed by atoms with Gasteiger partial charge in [-0.2, -0.15) is 0 Å². The third-order valence-electron chi connectivity index (χ3n) is 3.58. The summed E-state index contributed by atoms with van der Waals surface area (Å²) in [5.41, 5.74) is 4.05. The minimum atomic E-state index is -0.0349. The number of carbonyl (C=O) groups excluding carboxylic acids is 1. The van der Waals surface area contributed by atoms with E-state index in [0.29, 0.717) is 0 Å². The van der Waals surface area contributed by atoms with E-state index in [1.54, 1.807) is 0 Å². The Kier molecular flexibility index (Phi) is 3.98. The fraction of sp³-hybridized carbons (Fsp3) is 0.176. The third kappa shape index (κ3) is 2.90. The molecule has 0 aliphatic heterocycles. The van der Waals surface area contributed by atoms with Gasteiger partial charge in [0, 0.05) is 17.1 Å². The first-order valence-electron chi connectivity index (χ1n) is 7.04. The third-order valence-corrected chi connectivity index (χ3v) is 4.07. The van der Waals surface area contributed by atoms with Gasteiger partial charge in [-0.15, -0.1) is 0 Å². The highest BCUT2D eigenvalue weighted by Gasteiger charge is 2.10. The molecule has 1 amide bonds. The number of hydrogen-bond donors (Lipinski definition) is 1. The number of hydrogen-bond acceptors (Lipinski definition) is 2. The van der Waals surface area contributed by atoms with E-state index in [2.05, 4.69) is 32.3 Å². The minimum absolute atomic E-state index is 0.0297. The van der Waals surface area contributed by atoms with Gasteiger partial charge in [-0.1, -0.05) is 28.1 Å². The topological polar surface area (TPSA) is 46.9 Å². The van der Waals surface area contributed by atoms with Gasteiger partial charge in [0.25, 0.3) is 0 Å². The van der Waals surface area contributed by atoms with E-state index in [1.165, 1.54) is 6.92 Å². The smallest absolute Gasteiger partial charge is 0.217 e. The molecule has 22 heavy (non-hydrogen) atoms. The largest absolute Gasteiger partial charge is 0.350 e. The van der Waals surface area contributed by atoms with Crippen LogP contribution in [0.4, 0.5) is 0 Å². The molecule has 5 heteroatoms. The second-order valence-corrected chi connectivity index (χ2v) is 6.18. The standard InChI is InChI=1S/C17H16BrN3O/c1-11(20-12(2)22)13-6-7-17-16(8-13)19-10-21(17)15-5-3-4-14(18)9-15/h3-11H,1-2H3,(H,20,22)/t11-/m1/s1. The van der Waals surface area contributed by atoms with Crippen LogP contribution in [-0.2, 0) is 4.79 Å². The van der Waals surface area contributed by atoms with Crippen molar-refractivity contribution in [1.82, 2.24) is 14.9 Å². The Morgan fingerprint density at radius 1 is 1.27 bits per heavy atom. The van der Waals surface area contributed by atoms with Crippen molar-refractivity contribution in [2.24, 2.45) is 0 Å². The minimum Gasteiger partial charge on any atom is -0.350 e. The first-order valence-corrected chi connectivity index (χ1v) is 7.84. The van der Waals surface area contributed by atoms with Crippen molar-refractivity contribution in [3.05, 3.63) is 58.8 Å². The Labute approximate surface area is 137 Å². The van der Waals surface area contributed by atoms with Gasteiger partial charge in [0.1, 0.15) is 6.33 Å². The van der Waals surface area contributed by atoms with Crippen molar-refractivity contribution < 1.29 is 4.79 Å². The van der Waals surface area contributed by atoms with Gasteiger partial charge < -0.3 is 5.32 Å². The summed E-state index contributed by atoms with van der Waals surface area (Å²) in [7, 11) is 0. The molecule has 1 heterocycles. The molecule has 0 aliphatic rings. The van der Waals surface area contributed by atoms with Gasteiger partial charge in [-0.05, 0) is 42.8 Å². The van der Waals surface area contributed by atoms with Crippen LogP contribution in [0.2, 0.25) is 0 Å². The number of rotatable bonds is 3. The number of fused-ring (bicyclic) bond motifs is 1. The Hall–Kier alpha value is -2.14. The van der Waals surface area contributed by atoms with Gasteiger partial charge in [0.2, 0.25) is 5.91 Å². The molecule has 2 aromatic carbocycles. The Morgan fingerprint density at radius 3 is 2.82 bits per heavy atom. The highest BCUT2D eigenvalue weighted by Crippen LogP contribution is 2.23. The summed E-state index contributed by atoms with van der Waals surface area (Å²) in [4.78, 5) is 15.7. The maximum Gasteiger partial charge on any atom is 0.217 e. The number of nitrogens with one attached hydrogen (secondary N) is 1. The fourth-order valence-corrected chi connectivity index (χ4v) is 2.91. The molecule has 1 atom stereocenters. The highest BCUT2D eigenvalue weighted by molar-refractivity contribution is 9.10. The van der Waals surface area contributed by atoms with Crippen molar-refractivity contribution in [3.63, 3.8) is 0 Å². The van der Waals surface area contributed by atoms with Crippen LogP contribution in [0.15, 0.2) is 53.3 Å². The lowest BCUT2D eigenvalue weighted by Gasteiger charge is -2.13. The molecule has 0 radical (unpaired) electrons. The lowest BCUT2D eigenvalue weighted by Crippen LogP contribution is -2.23. The van der Waals surface area contributed by atoms with Crippen molar-refractivity contribution >= 4 is 32.9 Å². The van der Waals surface area contributed by atoms with Gasteiger partial charge >= 0.3 is 0 Å². The molecular formula is C17H16BrN3O. The number of aromatic nitrogens is 2. The summed E-state index contributed by atoms with van der Waals surface area (Å²) >= 11 is 3.49. The van der Waals surface area contributed by atoms with Gasteiger partial charge in [0.05, 0.1) is 17.1 Å². The zero-order chi connectivity index (χ0) is 15.7. The molecule has 1 aromatic heterocycles. The highest BCUT2D eigenvalue weighted by atomic mass is 79.9. The van der Waals surface area contributed by atoms with Crippen LogP contribution in [0, 0.1) is 0 Å². The van der Waals surface area contributed by atoms with E-state index in [-0.39, 0.29) is 11.9 Å². The van der Waals surface area contributed by atoms with E-state index in [4.69, 9.17) is 0 Å². The SMILES string of the molecule is CC(=O)N[C@H](C)c1ccc2c(c1)ncn2-c1cccc(Br)c1. The average Bonchev–Trinajstić information content (AvgIpc) is 2.89. The van der Waals surface area contributed by atoms with E-state index in [0.717, 1.165) is 26.8 Å². The molecule has 4 nitrogen and oxygen atoms in total. The quantitative estimate of drug-likeness (QED) is 0.770. The molecule has 0 aliphatic carbocycles. The number of halogens is 1. The van der Waals surface area contributed by atoms with Gasteiger partial charge in [0.15, 0.2) is 0 Å². The van der Waals surface area contributed by atoms with Crippen LogP contribution in [0.1, 0.15) is 25.5 Å². The van der Waals surface area contributed by atoms with E-state index < -0.39 is 0 Å². The maximum atomic E-state index is 11.2. The molecule has 112 valence electrons. The zero-order valence-corrected chi connectivity index (χ0v) is 14.0. The molecular weight excluding hydrogens is 342 g/mol. The average molecular weight is 358 g/mol. The number of nitrogens with zero attached hydrogens (tertiary/aromatic N) is 2. The van der Waals surface area contributed by atoms with Gasteiger partial charge in [-0.3, -0.25) is 9.36 Å². The molecule has 3 rings (SSSR count). The Morgan fingerprint density at radius 2 is 2.09 bits per heavy atom. The molecule has 0 bridgehead atoms. The fourth-order valence-electron chi connectivity index (χ4n) is 2.52. The predicted molar refractivity (Wildman–Crippen MR) is 91.0 cm³/mol. The molecule has 0 unspecified atom stereocenters. The summed E-state index contributed by atoms with van der Waals surface area (Å²) in [6, 6.07) is 14.1. The summed E-state index contributed by atoms with van der Waals surface area (Å²) in [6.45, 7) is 3.49. The number of benzene rings is 2. The van der Waals surface area contributed by atoms with Crippen molar-refractivity contribution in [2.75, 3.05) is 0 Å². The monoisotopic (exact) mass is 357 g/mol. The lowest BCUT2D eigenvalue weighted by atomic mass is 10.1. The number of amides is 1. The molecule has 0 fully saturated rings. The van der Waals surface area contributed by atoms with Crippen LogP contribution < -0.4 is 5.32 Å². The Balaban J connectivity index is 2.01. The molecule has 0 saturated heterocycles. The van der Waals surface area contributed by atoms with Crippen LogP contribution in [0.5, 0.6) is 0 Å². The molecule has 3 aromatic rings. The summed E-state index contributed by atoms with van der Waals surface area (Å²) in [5, 5.41) is 2.89. The normalized spacial score (nSPS) is 12.3. The molecule has 1 N–H and O–H groups in total. The van der Waals surface area contributed by atoms with Crippen LogP contribution in [0.25, 0.3) is 16.7 Å². The predicted octanol–water partition coefficient (Wildman–Crippen LogP) is 3.99. The first kappa shape index (κ1) is 14.8. The van der Waals surface area contributed by atoms with E-state index in [9.17, 15) is 4.79 Å². The molecule has 0 spiro atoms. The lowest BCUT2D eigenvalue weighted by molar-refractivity contribution is -0.119. The molecule has 0 saturated carbocycles. The number of imidazole rings is 1. The first-order chi connectivity index (χ1) is 10.5. The second-order valence-electron chi connectivity index (χ2n) is 5.26. The van der Waals surface area contributed by atoms with Crippen molar-refractivity contribution in [2.45, 2.75) is 19.9 Å². The summed E-state index contributed by atoms with van der Waals surface area (Å²) < 4.78 is 3.08. The van der Waals surface area contributed by atoms with Gasteiger partial charge in [-0.25, -0.2) is 4.98 Å². The van der Waals surface area contributed by atoms with E-state index >= 15 is 0 Å². The van der Waals surface area contributed by atoms with Crippen LogP contribution in [0.3, 0.4) is 0 Å².